The lowest BCUT2D eigenvalue weighted by atomic mass is 9.98. The van der Waals surface area contributed by atoms with E-state index in [9.17, 15) is 4.79 Å². The van der Waals surface area contributed by atoms with E-state index in [-0.39, 0.29) is 5.97 Å². The molecule has 2 aliphatic rings. The molecular weight excluding hydrogens is 200 g/mol. The minimum Gasteiger partial charge on any atom is -0.462 e. The maximum Gasteiger partial charge on any atom is 0.334 e. The van der Waals surface area contributed by atoms with Crippen LogP contribution in [0.3, 0.4) is 0 Å². The smallest absolute Gasteiger partial charge is 0.334 e. The van der Waals surface area contributed by atoms with Crippen LogP contribution in [0.5, 0.6) is 0 Å². The molecule has 0 aromatic heterocycles. The van der Waals surface area contributed by atoms with Gasteiger partial charge >= 0.3 is 5.97 Å². The van der Waals surface area contributed by atoms with Gasteiger partial charge in [0.05, 0.1) is 6.61 Å². The molecule has 1 aliphatic heterocycles. The zero-order valence-corrected chi connectivity index (χ0v) is 9.79. The van der Waals surface area contributed by atoms with Crippen molar-refractivity contribution in [2.75, 3.05) is 6.61 Å². The van der Waals surface area contributed by atoms with E-state index in [4.69, 9.17) is 4.74 Å². The molecule has 2 rings (SSSR count). The molecule has 2 nitrogen and oxygen atoms in total. The highest BCUT2D eigenvalue weighted by Gasteiger charge is 2.19. The predicted octanol–water partition coefficient (Wildman–Crippen LogP) is 3.31. The lowest BCUT2D eigenvalue weighted by Gasteiger charge is -2.08. The molecule has 0 atom stereocenters. The van der Waals surface area contributed by atoms with Gasteiger partial charge in [-0.3, -0.25) is 0 Å². The first-order valence-electron chi connectivity index (χ1n) is 6.01. The molecule has 0 N–H and O–H groups in total. The molecule has 16 heavy (non-hydrogen) atoms. The molecule has 86 valence electrons. The van der Waals surface area contributed by atoms with Crippen molar-refractivity contribution >= 4 is 5.97 Å². The minimum atomic E-state index is -0.139. The number of rotatable bonds is 2. The summed E-state index contributed by atoms with van der Waals surface area (Å²) in [6.07, 6.45) is 12.2. The molecular formula is C14H18O2. The van der Waals surface area contributed by atoms with Crippen LogP contribution in [0.4, 0.5) is 0 Å². The maximum atomic E-state index is 11.3. The van der Waals surface area contributed by atoms with Gasteiger partial charge in [-0.05, 0) is 38.2 Å². The second-order valence-corrected chi connectivity index (χ2v) is 4.41. The van der Waals surface area contributed by atoms with E-state index in [1.807, 2.05) is 6.92 Å². The summed E-state index contributed by atoms with van der Waals surface area (Å²) >= 11 is 0. The highest BCUT2D eigenvalue weighted by Crippen LogP contribution is 2.21. The van der Waals surface area contributed by atoms with E-state index < -0.39 is 0 Å². The van der Waals surface area contributed by atoms with E-state index in [1.165, 1.54) is 31.3 Å². The minimum absolute atomic E-state index is 0.139. The van der Waals surface area contributed by atoms with Crippen LogP contribution in [0.15, 0.2) is 34.9 Å². The molecule has 0 unspecified atom stereocenters. The lowest BCUT2D eigenvalue weighted by molar-refractivity contribution is -0.135. The Balaban J connectivity index is 2.06. The Kier molecular flexibility index (Phi) is 3.60. The van der Waals surface area contributed by atoms with Gasteiger partial charge in [-0.15, -0.1) is 0 Å². The van der Waals surface area contributed by atoms with Gasteiger partial charge in [-0.1, -0.05) is 23.8 Å². The molecule has 0 aromatic carbocycles. The zero-order chi connectivity index (χ0) is 11.4. The van der Waals surface area contributed by atoms with Crippen molar-refractivity contribution in [1.82, 2.24) is 0 Å². The van der Waals surface area contributed by atoms with E-state index >= 15 is 0 Å². The molecule has 0 saturated carbocycles. The molecule has 0 amide bonds. The fourth-order valence-electron chi connectivity index (χ4n) is 2.14. The summed E-state index contributed by atoms with van der Waals surface area (Å²) in [4.78, 5) is 11.3. The number of allylic oxidation sites excluding steroid dienone is 5. The van der Waals surface area contributed by atoms with Crippen molar-refractivity contribution < 1.29 is 9.53 Å². The number of ether oxygens (including phenoxy) is 1. The Morgan fingerprint density at radius 2 is 2.25 bits per heavy atom. The number of cyclic esters (lactones) is 1. The van der Waals surface area contributed by atoms with Crippen LogP contribution in [0.25, 0.3) is 0 Å². The topological polar surface area (TPSA) is 26.3 Å². The Morgan fingerprint density at radius 3 is 2.88 bits per heavy atom. The summed E-state index contributed by atoms with van der Waals surface area (Å²) in [5, 5.41) is 0. The van der Waals surface area contributed by atoms with Crippen molar-refractivity contribution in [3.63, 3.8) is 0 Å². The van der Waals surface area contributed by atoms with Crippen molar-refractivity contribution in [3.05, 3.63) is 34.9 Å². The highest BCUT2D eigenvalue weighted by atomic mass is 16.5. The van der Waals surface area contributed by atoms with Crippen LogP contribution >= 0.6 is 0 Å². The summed E-state index contributed by atoms with van der Waals surface area (Å²) in [6, 6.07) is 0. The first kappa shape index (κ1) is 11.2. The Bertz CT molecular complexity index is 372. The van der Waals surface area contributed by atoms with Gasteiger partial charge in [0.1, 0.15) is 0 Å². The summed E-state index contributed by atoms with van der Waals surface area (Å²) in [6.45, 7) is 2.53. The third-order valence-electron chi connectivity index (χ3n) is 3.18. The molecule has 0 radical (unpaired) electrons. The molecule has 0 aromatic rings. The summed E-state index contributed by atoms with van der Waals surface area (Å²) in [7, 11) is 0. The van der Waals surface area contributed by atoms with Crippen LogP contribution in [0.2, 0.25) is 0 Å². The van der Waals surface area contributed by atoms with Crippen molar-refractivity contribution in [3.8, 4) is 0 Å². The van der Waals surface area contributed by atoms with Crippen LogP contribution in [-0.4, -0.2) is 12.6 Å². The van der Waals surface area contributed by atoms with E-state index in [0.717, 1.165) is 17.6 Å². The van der Waals surface area contributed by atoms with Gasteiger partial charge in [-0.25, -0.2) is 4.79 Å². The Hall–Kier alpha value is -1.31. The van der Waals surface area contributed by atoms with E-state index in [0.29, 0.717) is 6.61 Å². The summed E-state index contributed by atoms with van der Waals surface area (Å²) in [5.74, 6) is -0.139. The average molecular weight is 218 g/mol. The first-order valence-corrected chi connectivity index (χ1v) is 6.01. The van der Waals surface area contributed by atoms with E-state index in [1.54, 1.807) is 0 Å². The fourth-order valence-corrected chi connectivity index (χ4v) is 2.14. The van der Waals surface area contributed by atoms with Crippen molar-refractivity contribution in [1.29, 1.82) is 0 Å². The van der Waals surface area contributed by atoms with Crippen molar-refractivity contribution in [2.45, 2.75) is 39.0 Å². The largest absolute Gasteiger partial charge is 0.462 e. The molecule has 0 bridgehead atoms. The van der Waals surface area contributed by atoms with E-state index in [2.05, 4.69) is 18.2 Å². The third-order valence-corrected chi connectivity index (χ3v) is 3.18. The molecule has 1 heterocycles. The number of carbonyl (C=O) groups excluding carboxylic acids is 1. The summed E-state index contributed by atoms with van der Waals surface area (Å²) < 4.78 is 4.93. The van der Waals surface area contributed by atoms with Crippen molar-refractivity contribution in [2.24, 2.45) is 0 Å². The first-order chi connectivity index (χ1) is 7.77. The maximum absolute atomic E-state index is 11.3. The monoisotopic (exact) mass is 218 g/mol. The average Bonchev–Trinajstić information content (AvgIpc) is 2.74. The van der Waals surface area contributed by atoms with Gasteiger partial charge in [0, 0.05) is 12.0 Å². The Labute approximate surface area is 96.7 Å². The van der Waals surface area contributed by atoms with Gasteiger partial charge in [0.15, 0.2) is 0 Å². The van der Waals surface area contributed by atoms with Crippen LogP contribution in [0.1, 0.15) is 39.0 Å². The number of hydrogen-bond acceptors (Lipinski definition) is 2. The molecule has 2 heteroatoms. The molecule has 0 spiro atoms. The third kappa shape index (κ3) is 2.63. The number of hydrogen-bond donors (Lipinski definition) is 0. The fraction of sp³-hybridized carbons (Fsp3) is 0.500. The van der Waals surface area contributed by atoms with Gasteiger partial charge in [0.25, 0.3) is 0 Å². The SMILES string of the molecule is CC(/C=C\C1=CCCCC1)=C1\CCOC1=O. The normalized spacial score (nSPS) is 24.6. The lowest BCUT2D eigenvalue weighted by Crippen LogP contribution is -1.96. The standard InChI is InChI=1S/C14H18O2/c1-11(13-9-10-16-14(13)15)7-8-12-5-3-2-4-6-12/h5,7-8H,2-4,6,9-10H2,1H3/b8-7-,13-11-. The quantitative estimate of drug-likeness (QED) is 0.525. The Morgan fingerprint density at radius 1 is 1.38 bits per heavy atom. The van der Waals surface area contributed by atoms with Gasteiger partial charge in [0.2, 0.25) is 0 Å². The zero-order valence-electron chi connectivity index (χ0n) is 9.79. The van der Waals surface area contributed by atoms with Crippen LogP contribution in [-0.2, 0) is 9.53 Å². The van der Waals surface area contributed by atoms with Crippen LogP contribution < -0.4 is 0 Å². The molecule has 1 aliphatic carbocycles. The second kappa shape index (κ2) is 5.15. The molecule has 1 saturated heterocycles. The number of carbonyl (C=O) groups is 1. The second-order valence-electron chi connectivity index (χ2n) is 4.41. The molecule has 1 fully saturated rings. The van der Waals surface area contributed by atoms with Gasteiger partial charge in [-0.2, -0.15) is 0 Å². The van der Waals surface area contributed by atoms with Gasteiger partial charge < -0.3 is 4.74 Å². The number of esters is 1. The predicted molar refractivity (Wildman–Crippen MR) is 64.0 cm³/mol. The highest BCUT2D eigenvalue weighted by molar-refractivity contribution is 5.91. The van der Waals surface area contributed by atoms with Crippen LogP contribution in [0, 0.1) is 0 Å². The summed E-state index contributed by atoms with van der Waals surface area (Å²) in [5.41, 5.74) is 3.29.